The smallest absolute Gasteiger partial charge is 0.382 e. The van der Waals surface area contributed by atoms with Crippen LogP contribution in [0.1, 0.15) is 5.56 Å². The van der Waals surface area contributed by atoms with Gasteiger partial charge in [0.1, 0.15) is 0 Å². The maximum Gasteiger partial charge on any atom is 0.382 e. The molecule has 16 heavy (non-hydrogen) atoms. The van der Waals surface area contributed by atoms with E-state index in [4.69, 9.17) is 5.11 Å². The Morgan fingerprint density at radius 3 is 2.56 bits per heavy atom. The Morgan fingerprint density at radius 1 is 1.19 bits per heavy atom. The van der Waals surface area contributed by atoms with Crippen molar-refractivity contribution in [2.75, 3.05) is 0 Å². The molecular formula is C13H7BrO2. The van der Waals surface area contributed by atoms with E-state index in [1.165, 1.54) is 0 Å². The first-order chi connectivity index (χ1) is 7.68. The van der Waals surface area contributed by atoms with Gasteiger partial charge in [0.15, 0.2) is 0 Å². The van der Waals surface area contributed by atoms with E-state index in [1.54, 1.807) is 0 Å². The van der Waals surface area contributed by atoms with Gasteiger partial charge in [-0.2, -0.15) is 0 Å². The molecule has 0 aliphatic rings. The van der Waals surface area contributed by atoms with Crippen molar-refractivity contribution in [1.29, 1.82) is 0 Å². The van der Waals surface area contributed by atoms with Gasteiger partial charge in [-0.05, 0) is 17.5 Å². The Balaban J connectivity index is 2.72. The highest BCUT2D eigenvalue weighted by Crippen LogP contribution is 2.26. The molecule has 0 saturated carbocycles. The highest BCUT2D eigenvalue weighted by Gasteiger charge is 2.02. The molecule has 78 valence electrons. The van der Waals surface area contributed by atoms with Crippen LogP contribution in [-0.4, -0.2) is 11.1 Å². The van der Waals surface area contributed by atoms with Crippen molar-refractivity contribution < 1.29 is 9.90 Å². The lowest BCUT2D eigenvalue weighted by Gasteiger charge is -2.02. The Bertz CT molecular complexity index is 615. The summed E-state index contributed by atoms with van der Waals surface area (Å²) in [5.41, 5.74) is 0.715. The van der Waals surface area contributed by atoms with Crippen molar-refractivity contribution >= 4 is 32.7 Å². The number of hydrogen-bond acceptors (Lipinski definition) is 1. The van der Waals surface area contributed by atoms with E-state index < -0.39 is 5.97 Å². The van der Waals surface area contributed by atoms with Crippen LogP contribution in [0.15, 0.2) is 40.9 Å². The molecule has 0 atom stereocenters. The first-order valence-electron chi connectivity index (χ1n) is 4.60. The number of hydrogen-bond donors (Lipinski definition) is 1. The Hall–Kier alpha value is -1.79. The largest absolute Gasteiger partial charge is 0.472 e. The van der Waals surface area contributed by atoms with Crippen LogP contribution in [0.4, 0.5) is 0 Å². The van der Waals surface area contributed by atoms with Crippen LogP contribution in [0.5, 0.6) is 0 Å². The molecule has 2 nitrogen and oxygen atoms in total. The summed E-state index contributed by atoms with van der Waals surface area (Å²) < 4.78 is 0.917. The molecule has 0 aliphatic heterocycles. The summed E-state index contributed by atoms with van der Waals surface area (Å²) in [5.74, 6) is 3.65. The molecule has 0 spiro atoms. The SMILES string of the molecule is O=C(O)C#Cc1cccc2cccc(Br)c12. The van der Waals surface area contributed by atoms with Crippen molar-refractivity contribution in [3.8, 4) is 11.8 Å². The minimum Gasteiger partial charge on any atom is -0.472 e. The monoisotopic (exact) mass is 274 g/mol. The second-order valence-corrected chi connectivity index (χ2v) is 4.05. The molecule has 0 aromatic heterocycles. The third kappa shape index (κ3) is 2.07. The molecule has 0 amide bonds. The van der Waals surface area contributed by atoms with Gasteiger partial charge in [-0.15, -0.1) is 0 Å². The van der Waals surface area contributed by atoms with Gasteiger partial charge in [-0.25, -0.2) is 4.79 Å². The summed E-state index contributed by atoms with van der Waals surface area (Å²) in [5, 5.41) is 10.5. The second kappa shape index (κ2) is 4.38. The predicted octanol–water partition coefficient (Wildman–Crippen LogP) is 3.04. The molecule has 0 saturated heterocycles. The van der Waals surface area contributed by atoms with E-state index in [0.29, 0.717) is 5.56 Å². The van der Waals surface area contributed by atoms with Crippen LogP contribution in [0, 0.1) is 11.8 Å². The molecule has 3 heteroatoms. The number of rotatable bonds is 0. The summed E-state index contributed by atoms with van der Waals surface area (Å²) in [6.07, 6.45) is 0. The Morgan fingerprint density at radius 2 is 1.88 bits per heavy atom. The highest BCUT2D eigenvalue weighted by molar-refractivity contribution is 9.10. The van der Waals surface area contributed by atoms with Crippen LogP contribution in [-0.2, 0) is 4.79 Å². The van der Waals surface area contributed by atoms with Crippen LogP contribution < -0.4 is 0 Å². The van der Waals surface area contributed by atoms with E-state index in [-0.39, 0.29) is 0 Å². The van der Waals surface area contributed by atoms with Gasteiger partial charge in [0.2, 0.25) is 0 Å². The topological polar surface area (TPSA) is 37.3 Å². The molecule has 1 N–H and O–H groups in total. The zero-order valence-corrected chi connectivity index (χ0v) is 9.78. The van der Waals surface area contributed by atoms with Gasteiger partial charge >= 0.3 is 5.97 Å². The van der Waals surface area contributed by atoms with Crippen molar-refractivity contribution in [1.82, 2.24) is 0 Å². The van der Waals surface area contributed by atoms with Crippen LogP contribution >= 0.6 is 15.9 Å². The molecule has 0 heterocycles. The Kier molecular flexibility index (Phi) is 2.93. The third-order valence-electron chi connectivity index (χ3n) is 2.16. The number of carboxylic acids is 1. The van der Waals surface area contributed by atoms with Gasteiger partial charge in [-0.1, -0.05) is 46.1 Å². The number of fused-ring (bicyclic) bond motifs is 1. The van der Waals surface area contributed by atoms with Crippen LogP contribution in [0.25, 0.3) is 10.8 Å². The highest BCUT2D eigenvalue weighted by atomic mass is 79.9. The summed E-state index contributed by atoms with van der Waals surface area (Å²) in [6, 6.07) is 11.4. The molecule has 0 fully saturated rings. The van der Waals surface area contributed by atoms with E-state index in [0.717, 1.165) is 15.2 Å². The van der Waals surface area contributed by atoms with Gasteiger partial charge < -0.3 is 5.11 Å². The first-order valence-corrected chi connectivity index (χ1v) is 5.40. The molecule has 0 bridgehead atoms. The molecular weight excluding hydrogens is 268 g/mol. The third-order valence-corrected chi connectivity index (χ3v) is 2.82. The van der Waals surface area contributed by atoms with E-state index >= 15 is 0 Å². The fourth-order valence-corrected chi connectivity index (χ4v) is 2.12. The molecule has 2 aromatic rings. The molecule has 0 unspecified atom stereocenters. The van der Waals surface area contributed by atoms with E-state index in [2.05, 4.69) is 27.8 Å². The minimum absolute atomic E-state index is 0.715. The lowest BCUT2D eigenvalue weighted by molar-refractivity contribution is -0.130. The maximum atomic E-state index is 10.4. The van der Waals surface area contributed by atoms with Gasteiger partial charge in [-0.3, -0.25) is 0 Å². The number of aliphatic carboxylic acids is 1. The minimum atomic E-state index is -1.12. The number of halogens is 1. The summed E-state index contributed by atoms with van der Waals surface area (Å²) in [4.78, 5) is 10.4. The number of carbonyl (C=O) groups is 1. The van der Waals surface area contributed by atoms with Crippen LogP contribution in [0.2, 0.25) is 0 Å². The van der Waals surface area contributed by atoms with Gasteiger partial charge in [0, 0.05) is 21.3 Å². The quantitative estimate of drug-likeness (QED) is 0.750. The molecule has 2 aromatic carbocycles. The van der Waals surface area contributed by atoms with Crippen molar-refractivity contribution in [2.45, 2.75) is 0 Å². The van der Waals surface area contributed by atoms with Crippen molar-refractivity contribution in [3.63, 3.8) is 0 Å². The lowest BCUT2D eigenvalue weighted by atomic mass is 10.1. The van der Waals surface area contributed by atoms with E-state index in [9.17, 15) is 4.79 Å². The van der Waals surface area contributed by atoms with Crippen molar-refractivity contribution in [2.24, 2.45) is 0 Å². The van der Waals surface area contributed by atoms with Crippen molar-refractivity contribution in [3.05, 3.63) is 46.4 Å². The zero-order valence-electron chi connectivity index (χ0n) is 8.20. The lowest BCUT2D eigenvalue weighted by Crippen LogP contribution is -1.88. The average Bonchev–Trinajstić information content (AvgIpc) is 2.26. The predicted molar refractivity (Wildman–Crippen MR) is 66.2 cm³/mol. The second-order valence-electron chi connectivity index (χ2n) is 3.20. The van der Waals surface area contributed by atoms with E-state index in [1.807, 2.05) is 36.4 Å². The summed E-state index contributed by atoms with van der Waals surface area (Å²) in [7, 11) is 0. The zero-order chi connectivity index (χ0) is 11.5. The first kappa shape index (κ1) is 10.7. The van der Waals surface area contributed by atoms with Gasteiger partial charge in [0.25, 0.3) is 0 Å². The standard InChI is InChI=1S/C13H7BrO2/c14-11-6-2-5-9-3-1-4-10(13(9)11)7-8-12(15)16/h1-6H,(H,15,16). The number of carboxylic acid groups (broad SMARTS) is 1. The number of benzene rings is 2. The summed E-state index contributed by atoms with van der Waals surface area (Å²) in [6.45, 7) is 0. The normalized spacial score (nSPS) is 9.56. The average molecular weight is 275 g/mol. The summed E-state index contributed by atoms with van der Waals surface area (Å²) >= 11 is 3.44. The fraction of sp³-hybridized carbons (Fsp3) is 0. The molecule has 2 rings (SSSR count). The van der Waals surface area contributed by atoms with Crippen LogP contribution in [0.3, 0.4) is 0 Å². The fourth-order valence-electron chi connectivity index (χ4n) is 1.52. The van der Waals surface area contributed by atoms with Gasteiger partial charge in [0.05, 0.1) is 0 Å². The molecule has 0 aliphatic carbocycles. The molecule has 0 radical (unpaired) electrons. The Labute approximate surface area is 101 Å². The maximum absolute atomic E-state index is 10.4.